The molecule has 1 saturated heterocycles. The first-order valence-electron chi connectivity index (χ1n) is 8.12. The van der Waals surface area contributed by atoms with Crippen molar-refractivity contribution < 1.29 is 14.0 Å². The number of hydrogen-bond donors (Lipinski definition) is 0. The second-order valence-corrected chi connectivity index (χ2v) is 6.48. The van der Waals surface area contributed by atoms with Gasteiger partial charge in [-0.3, -0.25) is 0 Å². The zero-order valence-corrected chi connectivity index (χ0v) is 13.1. The van der Waals surface area contributed by atoms with E-state index in [1.54, 1.807) is 0 Å². The van der Waals surface area contributed by atoms with Crippen LogP contribution in [0.3, 0.4) is 0 Å². The Morgan fingerprint density at radius 2 is 1.62 bits per heavy atom. The monoisotopic (exact) mass is 288 g/mol. The maximum absolute atomic E-state index is 5.75. The molecular formula is C17H25BO3. The van der Waals surface area contributed by atoms with Crippen molar-refractivity contribution in [2.45, 2.75) is 44.6 Å². The smallest absolute Gasteiger partial charge is 0.407 e. The fourth-order valence-corrected chi connectivity index (χ4v) is 3.35. The molecule has 0 N–H and O–H groups in total. The van der Waals surface area contributed by atoms with E-state index in [-0.39, 0.29) is 7.12 Å². The van der Waals surface area contributed by atoms with E-state index in [0.29, 0.717) is 17.9 Å². The van der Waals surface area contributed by atoms with Crippen molar-refractivity contribution in [3.05, 3.63) is 29.8 Å². The van der Waals surface area contributed by atoms with Gasteiger partial charge in [-0.1, -0.05) is 31.2 Å². The van der Waals surface area contributed by atoms with Crippen LogP contribution < -0.4 is 5.46 Å². The summed E-state index contributed by atoms with van der Waals surface area (Å²) in [6.07, 6.45) is 5.27. The summed E-state index contributed by atoms with van der Waals surface area (Å²) in [5.41, 5.74) is 2.58. The minimum absolute atomic E-state index is 0.181. The van der Waals surface area contributed by atoms with Crippen LogP contribution in [0.1, 0.15) is 44.1 Å². The highest BCUT2D eigenvalue weighted by atomic mass is 16.6. The van der Waals surface area contributed by atoms with Gasteiger partial charge in [-0.25, -0.2) is 0 Å². The van der Waals surface area contributed by atoms with E-state index in [4.69, 9.17) is 14.0 Å². The molecule has 1 aliphatic carbocycles. The second kappa shape index (κ2) is 6.95. The Kier molecular flexibility index (Phi) is 4.99. The summed E-state index contributed by atoms with van der Waals surface area (Å²) in [6.45, 7) is 3.72. The molecule has 2 aliphatic rings. The SMILES string of the molecule is COC1CCC(c2ccc(B3OCC(C)CO3)cc2)CC1. The first-order chi connectivity index (χ1) is 10.3. The Bertz CT molecular complexity index is 432. The Hall–Kier alpha value is -0.835. The summed E-state index contributed by atoms with van der Waals surface area (Å²) in [6, 6.07) is 8.83. The molecule has 0 amide bonds. The van der Waals surface area contributed by atoms with E-state index in [1.165, 1.54) is 31.2 Å². The third kappa shape index (κ3) is 3.68. The first-order valence-corrected chi connectivity index (χ1v) is 8.12. The van der Waals surface area contributed by atoms with Crippen LogP contribution in [0.25, 0.3) is 0 Å². The highest BCUT2D eigenvalue weighted by Gasteiger charge is 2.28. The van der Waals surface area contributed by atoms with E-state index in [2.05, 4.69) is 31.2 Å². The fraction of sp³-hybridized carbons (Fsp3) is 0.647. The molecule has 0 atom stereocenters. The molecule has 2 fully saturated rings. The van der Waals surface area contributed by atoms with Crippen molar-refractivity contribution >= 4 is 12.6 Å². The number of benzene rings is 1. The quantitative estimate of drug-likeness (QED) is 0.800. The Morgan fingerprint density at radius 1 is 1.00 bits per heavy atom. The lowest BCUT2D eigenvalue weighted by Crippen LogP contribution is -2.43. The standard InChI is InChI=1S/C17H25BO3/c1-13-11-20-18(21-12-13)16-7-3-14(4-8-16)15-5-9-17(19-2)10-6-15/h3-4,7-8,13,15,17H,5-6,9-12H2,1-2H3. The molecule has 0 radical (unpaired) electrons. The van der Waals surface area contributed by atoms with Crippen molar-refractivity contribution in [2.75, 3.05) is 20.3 Å². The number of methoxy groups -OCH3 is 1. The Labute approximate surface area is 128 Å². The minimum Gasteiger partial charge on any atom is -0.407 e. The molecule has 1 heterocycles. The van der Waals surface area contributed by atoms with E-state index in [9.17, 15) is 0 Å². The molecule has 21 heavy (non-hydrogen) atoms. The van der Waals surface area contributed by atoms with Crippen molar-refractivity contribution in [2.24, 2.45) is 5.92 Å². The zero-order valence-electron chi connectivity index (χ0n) is 13.1. The molecule has 1 aromatic carbocycles. The van der Waals surface area contributed by atoms with Gasteiger partial charge >= 0.3 is 7.12 Å². The average molecular weight is 288 g/mol. The molecule has 4 heteroatoms. The highest BCUT2D eigenvalue weighted by molar-refractivity contribution is 6.61. The topological polar surface area (TPSA) is 27.7 Å². The molecule has 1 aliphatic heterocycles. The summed E-state index contributed by atoms with van der Waals surface area (Å²) in [5, 5.41) is 0. The minimum atomic E-state index is -0.181. The molecule has 0 aromatic heterocycles. The number of ether oxygens (including phenoxy) is 1. The van der Waals surface area contributed by atoms with Gasteiger partial charge in [-0.15, -0.1) is 0 Å². The molecular weight excluding hydrogens is 263 g/mol. The fourth-order valence-electron chi connectivity index (χ4n) is 3.35. The Morgan fingerprint density at radius 3 is 2.19 bits per heavy atom. The van der Waals surface area contributed by atoms with E-state index in [0.717, 1.165) is 18.7 Å². The number of rotatable bonds is 3. The van der Waals surface area contributed by atoms with Gasteiger partial charge in [-0.2, -0.15) is 0 Å². The Balaban J connectivity index is 1.59. The molecule has 3 rings (SSSR count). The van der Waals surface area contributed by atoms with E-state index in [1.807, 2.05) is 7.11 Å². The first kappa shape index (κ1) is 15.1. The van der Waals surface area contributed by atoms with Gasteiger partial charge in [0, 0.05) is 20.3 Å². The van der Waals surface area contributed by atoms with Crippen LogP contribution in [0, 0.1) is 5.92 Å². The van der Waals surface area contributed by atoms with Gasteiger partial charge in [-0.05, 0) is 48.5 Å². The van der Waals surface area contributed by atoms with E-state index < -0.39 is 0 Å². The summed E-state index contributed by atoms with van der Waals surface area (Å²) < 4.78 is 17.0. The maximum atomic E-state index is 5.75. The molecule has 114 valence electrons. The number of hydrogen-bond acceptors (Lipinski definition) is 3. The third-order valence-corrected chi connectivity index (χ3v) is 4.75. The van der Waals surface area contributed by atoms with Crippen molar-refractivity contribution in [1.29, 1.82) is 0 Å². The molecule has 0 spiro atoms. The van der Waals surface area contributed by atoms with Gasteiger partial charge in [0.25, 0.3) is 0 Å². The normalized spacial score (nSPS) is 27.8. The lowest BCUT2D eigenvalue weighted by atomic mass is 9.75. The van der Waals surface area contributed by atoms with Crippen LogP contribution in [-0.2, 0) is 14.0 Å². The van der Waals surface area contributed by atoms with Crippen LogP contribution >= 0.6 is 0 Å². The molecule has 1 saturated carbocycles. The van der Waals surface area contributed by atoms with Gasteiger partial charge in [0.05, 0.1) is 6.10 Å². The van der Waals surface area contributed by atoms with Gasteiger partial charge in [0.15, 0.2) is 0 Å². The van der Waals surface area contributed by atoms with Crippen molar-refractivity contribution in [1.82, 2.24) is 0 Å². The zero-order chi connectivity index (χ0) is 14.7. The summed E-state index contributed by atoms with van der Waals surface area (Å²) in [7, 11) is 1.64. The molecule has 1 aromatic rings. The summed E-state index contributed by atoms with van der Waals surface area (Å²) >= 11 is 0. The predicted molar refractivity (Wildman–Crippen MR) is 84.9 cm³/mol. The van der Waals surface area contributed by atoms with Crippen LogP contribution in [0.5, 0.6) is 0 Å². The molecule has 0 bridgehead atoms. The van der Waals surface area contributed by atoms with Gasteiger partial charge < -0.3 is 14.0 Å². The van der Waals surface area contributed by atoms with Crippen LogP contribution in [0.2, 0.25) is 0 Å². The van der Waals surface area contributed by atoms with Crippen LogP contribution in [-0.4, -0.2) is 33.5 Å². The van der Waals surface area contributed by atoms with Gasteiger partial charge in [0.2, 0.25) is 0 Å². The van der Waals surface area contributed by atoms with Gasteiger partial charge in [0.1, 0.15) is 0 Å². The molecule has 3 nitrogen and oxygen atoms in total. The van der Waals surface area contributed by atoms with Crippen molar-refractivity contribution in [3.63, 3.8) is 0 Å². The predicted octanol–water partition coefficient (Wildman–Crippen LogP) is 2.74. The summed E-state index contributed by atoms with van der Waals surface area (Å²) in [5.74, 6) is 1.18. The highest BCUT2D eigenvalue weighted by Crippen LogP contribution is 2.33. The molecule has 0 unspecified atom stereocenters. The largest absolute Gasteiger partial charge is 0.493 e. The maximum Gasteiger partial charge on any atom is 0.493 e. The van der Waals surface area contributed by atoms with Crippen LogP contribution in [0.4, 0.5) is 0 Å². The van der Waals surface area contributed by atoms with Crippen molar-refractivity contribution in [3.8, 4) is 0 Å². The second-order valence-electron chi connectivity index (χ2n) is 6.48. The third-order valence-electron chi connectivity index (χ3n) is 4.75. The summed E-state index contributed by atoms with van der Waals surface area (Å²) in [4.78, 5) is 0. The van der Waals surface area contributed by atoms with E-state index >= 15 is 0 Å². The lowest BCUT2D eigenvalue weighted by molar-refractivity contribution is 0.0659. The average Bonchev–Trinajstić information content (AvgIpc) is 2.56. The lowest BCUT2D eigenvalue weighted by Gasteiger charge is -2.28. The van der Waals surface area contributed by atoms with Crippen LogP contribution in [0.15, 0.2) is 24.3 Å².